The van der Waals surface area contributed by atoms with Crippen molar-refractivity contribution in [1.29, 1.82) is 0 Å². The smallest absolute Gasteiger partial charge is 0.240 e. The van der Waals surface area contributed by atoms with Gasteiger partial charge in [-0.3, -0.25) is 4.79 Å². The van der Waals surface area contributed by atoms with E-state index in [9.17, 15) is 4.79 Å². The van der Waals surface area contributed by atoms with Crippen LogP contribution in [0.3, 0.4) is 0 Å². The second kappa shape index (κ2) is 11.2. The quantitative estimate of drug-likeness (QED) is 0.377. The van der Waals surface area contributed by atoms with E-state index in [0.717, 1.165) is 23.2 Å². The van der Waals surface area contributed by atoms with Crippen molar-refractivity contribution < 1.29 is 4.79 Å². The summed E-state index contributed by atoms with van der Waals surface area (Å²) < 4.78 is 2.11. The summed E-state index contributed by atoms with van der Waals surface area (Å²) in [6.07, 6.45) is 7.67. The third-order valence-corrected chi connectivity index (χ3v) is 6.71. The minimum atomic E-state index is 0.0209. The third-order valence-electron chi connectivity index (χ3n) is 6.48. The van der Waals surface area contributed by atoms with Gasteiger partial charge < -0.3 is 14.8 Å². The fraction of sp³-hybridized carbons (Fsp3) is 0.464. The number of nitrogens with one attached hydrogen (secondary N) is 1. The number of carbonyl (C=O) groups is 1. The molecule has 0 radical (unpaired) electrons. The Morgan fingerprint density at radius 2 is 1.85 bits per heavy atom. The lowest BCUT2D eigenvalue weighted by Crippen LogP contribution is -2.33. The van der Waals surface area contributed by atoms with Gasteiger partial charge in [0.25, 0.3) is 0 Å². The van der Waals surface area contributed by atoms with Crippen molar-refractivity contribution in [2.75, 3.05) is 19.6 Å². The Morgan fingerprint density at radius 1 is 1.03 bits per heavy atom. The normalized spacial score (nSPS) is 14.8. The van der Waals surface area contributed by atoms with Gasteiger partial charge in [-0.15, -0.1) is 0 Å². The largest absolute Gasteiger partial charge is 0.352 e. The van der Waals surface area contributed by atoms with Crippen LogP contribution in [0, 0.1) is 0 Å². The van der Waals surface area contributed by atoms with Crippen LogP contribution in [0.2, 0.25) is 5.02 Å². The van der Waals surface area contributed by atoms with Crippen LogP contribution >= 0.6 is 11.6 Å². The number of nitrogens with zero attached hydrogens (tertiary/aromatic N) is 2. The second-order valence-corrected chi connectivity index (χ2v) is 10.0. The first-order chi connectivity index (χ1) is 16.0. The van der Waals surface area contributed by atoms with Gasteiger partial charge in [0.2, 0.25) is 5.91 Å². The van der Waals surface area contributed by atoms with Crippen LogP contribution in [-0.2, 0) is 17.8 Å². The van der Waals surface area contributed by atoms with Gasteiger partial charge in [-0.2, -0.15) is 0 Å². The minimum Gasteiger partial charge on any atom is -0.352 e. The summed E-state index contributed by atoms with van der Waals surface area (Å²) in [5.74, 6) is 0.0209. The van der Waals surface area contributed by atoms with Gasteiger partial charge >= 0.3 is 0 Å². The summed E-state index contributed by atoms with van der Waals surface area (Å²) >= 11 is 6.28. The molecule has 1 saturated heterocycles. The summed E-state index contributed by atoms with van der Waals surface area (Å²) in [7, 11) is 0. The highest BCUT2D eigenvalue weighted by molar-refractivity contribution is 6.30. The molecule has 4 nitrogen and oxygen atoms in total. The molecular weight excluding hydrogens is 430 g/mol. The van der Waals surface area contributed by atoms with E-state index >= 15 is 0 Å². The number of unbranched alkanes of at least 4 members (excludes halogenated alkanes) is 1. The molecule has 3 aromatic rings. The lowest BCUT2D eigenvalue weighted by Gasteiger charge is -2.26. The zero-order chi connectivity index (χ0) is 23.2. The van der Waals surface area contributed by atoms with Gasteiger partial charge in [0, 0.05) is 27.7 Å². The summed E-state index contributed by atoms with van der Waals surface area (Å²) in [6, 6.07) is 16.9. The predicted molar refractivity (Wildman–Crippen MR) is 139 cm³/mol. The molecule has 0 unspecified atom stereocenters. The number of carbonyl (C=O) groups excluding carboxylic acids is 1. The van der Waals surface area contributed by atoms with Gasteiger partial charge in [0.15, 0.2) is 0 Å². The van der Waals surface area contributed by atoms with Crippen LogP contribution in [0.1, 0.15) is 51.5 Å². The number of aromatic nitrogens is 1. The standard InChI is InChI=1S/C28H36ClN3O/c1-21(2)30-28(33)20-32-26-13-12-22(9-4-7-16-31-14-5-3-6-15-31)17-24(26)19-27(32)23-10-8-11-25(29)18-23/h8,10-13,17-19,21H,3-7,9,14-16,20H2,1-2H3,(H,30,33). The summed E-state index contributed by atoms with van der Waals surface area (Å²) in [4.78, 5) is 15.2. The number of benzene rings is 2. The van der Waals surface area contributed by atoms with Gasteiger partial charge in [0.1, 0.15) is 6.54 Å². The fourth-order valence-electron chi connectivity index (χ4n) is 4.89. The molecule has 0 spiro atoms. The van der Waals surface area contributed by atoms with Crippen molar-refractivity contribution in [2.45, 2.75) is 65.0 Å². The molecule has 4 rings (SSSR count). The first-order valence-electron chi connectivity index (χ1n) is 12.4. The lowest BCUT2D eigenvalue weighted by molar-refractivity contribution is -0.122. The van der Waals surface area contributed by atoms with E-state index in [2.05, 4.69) is 45.1 Å². The molecule has 33 heavy (non-hydrogen) atoms. The molecular formula is C28H36ClN3O. The molecule has 0 atom stereocenters. The van der Waals surface area contributed by atoms with Crippen LogP contribution in [0.4, 0.5) is 0 Å². The van der Waals surface area contributed by atoms with E-state index in [4.69, 9.17) is 11.6 Å². The molecule has 5 heteroatoms. The Hall–Kier alpha value is -2.30. The van der Waals surface area contributed by atoms with Crippen LogP contribution in [0.5, 0.6) is 0 Å². The van der Waals surface area contributed by atoms with E-state index < -0.39 is 0 Å². The maximum Gasteiger partial charge on any atom is 0.240 e. The molecule has 2 aromatic carbocycles. The van der Waals surface area contributed by atoms with Crippen molar-refractivity contribution in [1.82, 2.24) is 14.8 Å². The summed E-state index contributed by atoms with van der Waals surface area (Å²) in [5, 5.41) is 4.89. The minimum absolute atomic E-state index is 0.0209. The van der Waals surface area contributed by atoms with Gasteiger partial charge in [-0.1, -0.05) is 36.2 Å². The molecule has 1 N–H and O–H groups in total. The first kappa shape index (κ1) is 23.8. The second-order valence-electron chi connectivity index (χ2n) is 9.60. The predicted octanol–water partition coefficient (Wildman–Crippen LogP) is 6.29. The summed E-state index contributed by atoms with van der Waals surface area (Å²) in [6.45, 7) is 8.04. The lowest BCUT2D eigenvalue weighted by atomic mass is 10.1. The van der Waals surface area contributed by atoms with Gasteiger partial charge in [-0.05, 0) is 107 Å². The summed E-state index contributed by atoms with van der Waals surface area (Å²) in [5.41, 5.74) is 4.50. The van der Waals surface area contributed by atoms with Crippen LogP contribution in [-0.4, -0.2) is 41.1 Å². The maximum absolute atomic E-state index is 12.6. The number of hydrogen-bond donors (Lipinski definition) is 1. The maximum atomic E-state index is 12.6. The number of amides is 1. The van der Waals surface area contributed by atoms with Crippen molar-refractivity contribution in [3.63, 3.8) is 0 Å². The monoisotopic (exact) mass is 465 g/mol. The van der Waals surface area contributed by atoms with Crippen molar-refractivity contribution >= 4 is 28.4 Å². The van der Waals surface area contributed by atoms with Gasteiger partial charge in [0.05, 0.1) is 0 Å². The molecule has 1 fully saturated rings. The Labute approximate surface area is 202 Å². The number of piperidine rings is 1. The molecule has 2 heterocycles. The average Bonchev–Trinajstić information content (AvgIpc) is 3.14. The highest BCUT2D eigenvalue weighted by Gasteiger charge is 2.15. The Balaban J connectivity index is 1.52. The molecule has 1 amide bonds. The van der Waals surface area contributed by atoms with E-state index in [1.165, 1.54) is 62.7 Å². The van der Waals surface area contributed by atoms with Crippen molar-refractivity contribution in [3.05, 3.63) is 59.1 Å². The molecule has 1 aromatic heterocycles. The highest BCUT2D eigenvalue weighted by atomic mass is 35.5. The third kappa shape index (κ3) is 6.39. The number of halogens is 1. The molecule has 1 aliphatic heterocycles. The van der Waals surface area contributed by atoms with E-state index in [0.29, 0.717) is 11.6 Å². The van der Waals surface area contributed by atoms with E-state index in [1.54, 1.807) is 0 Å². The number of rotatable bonds is 9. The van der Waals surface area contributed by atoms with Crippen molar-refractivity contribution in [2.24, 2.45) is 0 Å². The Morgan fingerprint density at radius 3 is 2.61 bits per heavy atom. The van der Waals surface area contributed by atoms with Crippen molar-refractivity contribution in [3.8, 4) is 11.3 Å². The Kier molecular flexibility index (Phi) is 8.11. The molecule has 1 aliphatic rings. The highest BCUT2D eigenvalue weighted by Crippen LogP contribution is 2.31. The zero-order valence-corrected chi connectivity index (χ0v) is 20.7. The molecule has 176 valence electrons. The fourth-order valence-corrected chi connectivity index (χ4v) is 5.08. The molecule has 0 bridgehead atoms. The first-order valence-corrected chi connectivity index (χ1v) is 12.8. The number of hydrogen-bond acceptors (Lipinski definition) is 2. The topological polar surface area (TPSA) is 37.3 Å². The SMILES string of the molecule is CC(C)NC(=O)Cn1c(-c2cccc(Cl)c2)cc2cc(CCCCN3CCCCC3)ccc21. The number of likely N-dealkylation sites (tertiary alicyclic amines) is 1. The van der Waals surface area contributed by atoms with E-state index in [1.807, 2.05) is 32.0 Å². The van der Waals surface area contributed by atoms with Crippen LogP contribution < -0.4 is 5.32 Å². The van der Waals surface area contributed by atoms with E-state index in [-0.39, 0.29) is 11.9 Å². The van der Waals surface area contributed by atoms with Crippen LogP contribution in [0.15, 0.2) is 48.5 Å². The van der Waals surface area contributed by atoms with Crippen LogP contribution in [0.25, 0.3) is 22.2 Å². The number of aryl methyl sites for hydroxylation is 1. The van der Waals surface area contributed by atoms with Gasteiger partial charge in [-0.25, -0.2) is 0 Å². The average molecular weight is 466 g/mol. The Bertz CT molecular complexity index is 1080. The molecule has 0 saturated carbocycles. The number of fused-ring (bicyclic) bond motifs is 1. The zero-order valence-electron chi connectivity index (χ0n) is 19.9. The molecule has 0 aliphatic carbocycles.